The van der Waals surface area contributed by atoms with E-state index in [4.69, 9.17) is 5.73 Å². The van der Waals surface area contributed by atoms with Crippen LogP contribution in [0.4, 0.5) is 14.5 Å². The van der Waals surface area contributed by atoms with Gasteiger partial charge in [-0.1, -0.05) is 6.07 Å². The van der Waals surface area contributed by atoms with Crippen LogP contribution < -0.4 is 5.73 Å². The lowest BCUT2D eigenvalue weighted by Crippen LogP contribution is -2.05. The van der Waals surface area contributed by atoms with Crippen LogP contribution >= 0.6 is 0 Å². The van der Waals surface area contributed by atoms with Gasteiger partial charge in [-0.25, -0.2) is 8.78 Å². The van der Waals surface area contributed by atoms with Gasteiger partial charge in [-0.15, -0.1) is 5.10 Å². The first-order valence-electron chi connectivity index (χ1n) is 6.17. The monoisotopic (exact) mass is 287 g/mol. The van der Waals surface area contributed by atoms with Gasteiger partial charge in [0.1, 0.15) is 11.6 Å². The molecule has 5 nitrogen and oxygen atoms in total. The van der Waals surface area contributed by atoms with Crippen molar-refractivity contribution in [2.45, 2.75) is 6.92 Å². The molecule has 0 atom stereocenters. The molecule has 0 saturated heterocycles. The van der Waals surface area contributed by atoms with E-state index in [2.05, 4.69) is 15.5 Å². The molecular weight excluding hydrogens is 276 g/mol. The molecule has 2 N–H and O–H groups in total. The van der Waals surface area contributed by atoms with Gasteiger partial charge in [0.25, 0.3) is 0 Å². The van der Waals surface area contributed by atoms with Crippen molar-refractivity contribution in [2.75, 3.05) is 5.73 Å². The minimum Gasteiger partial charge on any atom is -0.398 e. The molecule has 1 aromatic heterocycles. The van der Waals surface area contributed by atoms with Crippen molar-refractivity contribution >= 4 is 5.69 Å². The largest absolute Gasteiger partial charge is 0.398 e. The number of nitrogen functional groups attached to an aromatic ring is 1. The molecular formula is C14H11F2N5. The first kappa shape index (κ1) is 13.2. The highest BCUT2D eigenvalue weighted by Gasteiger charge is 2.16. The number of halogens is 2. The van der Waals surface area contributed by atoms with E-state index in [-0.39, 0.29) is 11.6 Å². The minimum absolute atomic E-state index is 0.251. The SMILES string of the molecule is Cc1c(F)cccc1-n1nnnc1-c1cc(F)ccc1N. The third kappa shape index (κ3) is 2.22. The Labute approximate surface area is 119 Å². The molecule has 0 saturated carbocycles. The molecule has 0 unspecified atom stereocenters. The highest BCUT2D eigenvalue weighted by molar-refractivity contribution is 5.72. The summed E-state index contributed by atoms with van der Waals surface area (Å²) in [7, 11) is 0. The van der Waals surface area contributed by atoms with E-state index in [0.717, 1.165) is 0 Å². The molecule has 0 aliphatic heterocycles. The van der Waals surface area contributed by atoms with Crippen molar-refractivity contribution in [2.24, 2.45) is 0 Å². The number of rotatable bonds is 2. The summed E-state index contributed by atoms with van der Waals surface area (Å²) in [4.78, 5) is 0. The average Bonchev–Trinajstić information content (AvgIpc) is 2.93. The zero-order valence-electron chi connectivity index (χ0n) is 11.1. The van der Waals surface area contributed by atoms with E-state index in [9.17, 15) is 8.78 Å². The second-order valence-electron chi connectivity index (χ2n) is 4.53. The highest BCUT2D eigenvalue weighted by atomic mass is 19.1. The van der Waals surface area contributed by atoms with Gasteiger partial charge >= 0.3 is 0 Å². The van der Waals surface area contributed by atoms with Crippen LogP contribution in [0.1, 0.15) is 5.56 Å². The summed E-state index contributed by atoms with van der Waals surface area (Å²) in [6.45, 7) is 1.62. The summed E-state index contributed by atoms with van der Waals surface area (Å²) in [6, 6.07) is 8.50. The van der Waals surface area contributed by atoms with Gasteiger partial charge in [-0.05, 0) is 47.7 Å². The Bertz CT molecular complexity index is 796. The quantitative estimate of drug-likeness (QED) is 0.735. The van der Waals surface area contributed by atoms with Crippen LogP contribution in [0.3, 0.4) is 0 Å². The van der Waals surface area contributed by atoms with Gasteiger partial charge in [0.15, 0.2) is 5.82 Å². The topological polar surface area (TPSA) is 69.6 Å². The number of hydrogen-bond donors (Lipinski definition) is 1. The lowest BCUT2D eigenvalue weighted by Gasteiger charge is -2.09. The van der Waals surface area contributed by atoms with E-state index in [1.54, 1.807) is 19.1 Å². The fourth-order valence-electron chi connectivity index (χ4n) is 2.07. The number of benzene rings is 2. The highest BCUT2D eigenvalue weighted by Crippen LogP contribution is 2.27. The van der Waals surface area contributed by atoms with Gasteiger partial charge in [-0.3, -0.25) is 0 Å². The molecule has 1 heterocycles. The fourth-order valence-corrected chi connectivity index (χ4v) is 2.07. The molecule has 0 aliphatic carbocycles. The number of nitrogens with zero attached hydrogens (tertiary/aromatic N) is 4. The van der Waals surface area contributed by atoms with Crippen molar-refractivity contribution in [1.29, 1.82) is 0 Å². The molecule has 106 valence electrons. The Hall–Kier alpha value is -2.83. The zero-order valence-corrected chi connectivity index (χ0v) is 11.1. The molecule has 3 aromatic rings. The number of hydrogen-bond acceptors (Lipinski definition) is 4. The Morgan fingerprint density at radius 1 is 1.14 bits per heavy atom. The second-order valence-corrected chi connectivity index (χ2v) is 4.53. The normalized spacial score (nSPS) is 10.8. The molecule has 0 aliphatic rings. The maximum absolute atomic E-state index is 13.7. The molecule has 0 radical (unpaired) electrons. The van der Waals surface area contributed by atoms with Crippen molar-refractivity contribution in [3.8, 4) is 17.1 Å². The van der Waals surface area contributed by atoms with Crippen LogP contribution in [-0.4, -0.2) is 20.2 Å². The standard InChI is InChI=1S/C14H11F2N5/c1-8-11(16)3-2-4-13(8)21-14(18-19-20-21)10-7-9(15)5-6-12(10)17/h2-7H,17H2,1H3. The van der Waals surface area contributed by atoms with Gasteiger partial charge in [0, 0.05) is 16.8 Å². The average molecular weight is 287 g/mol. The number of tetrazole rings is 1. The summed E-state index contributed by atoms with van der Waals surface area (Å²) in [5.74, 6) is -0.577. The molecule has 3 rings (SSSR count). The van der Waals surface area contributed by atoms with Crippen LogP contribution in [0, 0.1) is 18.6 Å². The number of anilines is 1. The van der Waals surface area contributed by atoms with Crippen LogP contribution in [0.25, 0.3) is 17.1 Å². The number of aromatic nitrogens is 4. The molecule has 0 spiro atoms. The van der Waals surface area contributed by atoms with Crippen LogP contribution in [0.5, 0.6) is 0 Å². The molecule has 2 aromatic carbocycles. The van der Waals surface area contributed by atoms with E-state index in [1.807, 2.05) is 0 Å². The summed E-state index contributed by atoms with van der Waals surface area (Å²) in [5.41, 5.74) is 7.39. The van der Waals surface area contributed by atoms with E-state index in [0.29, 0.717) is 22.5 Å². The fraction of sp³-hybridized carbons (Fsp3) is 0.0714. The predicted octanol–water partition coefficient (Wildman–Crippen LogP) is 2.50. The van der Waals surface area contributed by atoms with Gasteiger partial charge in [0.05, 0.1) is 5.69 Å². The Kier molecular flexibility index (Phi) is 3.09. The lowest BCUT2D eigenvalue weighted by atomic mass is 10.1. The second kappa shape index (κ2) is 4.93. The molecule has 0 amide bonds. The molecule has 7 heteroatoms. The lowest BCUT2D eigenvalue weighted by molar-refractivity contribution is 0.614. The summed E-state index contributed by atoms with van der Waals surface area (Å²) >= 11 is 0. The molecule has 0 bridgehead atoms. The first-order valence-corrected chi connectivity index (χ1v) is 6.17. The molecule has 21 heavy (non-hydrogen) atoms. The molecule has 0 fully saturated rings. The minimum atomic E-state index is -0.454. The van der Waals surface area contributed by atoms with Gasteiger partial charge < -0.3 is 5.73 Å². The summed E-state index contributed by atoms with van der Waals surface area (Å²) in [6.07, 6.45) is 0. The smallest absolute Gasteiger partial charge is 0.189 e. The first-order chi connectivity index (χ1) is 10.1. The van der Waals surface area contributed by atoms with E-state index in [1.165, 1.54) is 28.9 Å². The third-order valence-electron chi connectivity index (χ3n) is 3.19. The number of nitrogens with two attached hydrogens (primary N) is 1. The van der Waals surface area contributed by atoms with Gasteiger partial charge in [0.2, 0.25) is 0 Å². The predicted molar refractivity (Wildman–Crippen MR) is 73.7 cm³/mol. The summed E-state index contributed by atoms with van der Waals surface area (Å²) < 4.78 is 28.4. The third-order valence-corrected chi connectivity index (χ3v) is 3.19. The van der Waals surface area contributed by atoms with Crippen molar-refractivity contribution in [3.05, 3.63) is 53.6 Å². The van der Waals surface area contributed by atoms with Crippen LogP contribution in [0.15, 0.2) is 36.4 Å². The van der Waals surface area contributed by atoms with E-state index >= 15 is 0 Å². The van der Waals surface area contributed by atoms with Crippen LogP contribution in [-0.2, 0) is 0 Å². The van der Waals surface area contributed by atoms with Crippen molar-refractivity contribution in [1.82, 2.24) is 20.2 Å². The van der Waals surface area contributed by atoms with Gasteiger partial charge in [-0.2, -0.15) is 4.68 Å². The Balaban J connectivity index is 2.22. The summed E-state index contributed by atoms with van der Waals surface area (Å²) in [5, 5.41) is 11.3. The van der Waals surface area contributed by atoms with Crippen molar-refractivity contribution < 1.29 is 8.78 Å². The van der Waals surface area contributed by atoms with Crippen LogP contribution in [0.2, 0.25) is 0 Å². The van der Waals surface area contributed by atoms with Crippen molar-refractivity contribution in [3.63, 3.8) is 0 Å². The van der Waals surface area contributed by atoms with E-state index < -0.39 is 5.82 Å². The Morgan fingerprint density at radius 3 is 2.76 bits per heavy atom. The maximum Gasteiger partial charge on any atom is 0.189 e. The zero-order chi connectivity index (χ0) is 15.0. The Morgan fingerprint density at radius 2 is 1.95 bits per heavy atom. The maximum atomic E-state index is 13.7.